The van der Waals surface area contributed by atoms with Crippen LogP contribution in [0.15, 0.2) is 48.5 Å². The van der Waals surface area contributed by atoms with Gasteiger partial charge in [0, 0.05) is 0 Å². The van der Waals surface area contributed by atoms with Crippen LogP contribution in [0.1, 0.15) is 36.1 Å². The average Bonchev–Trinajstić information content (AvgIpc) is 2.53. The van der Waals surface area contributed by atoms with E-state index in [4.69, 9.17) is 4.74 Å². The van der Waals surface area contributed by atoms with Gasteiger partial charge in [0.2, 0.25) is 5.91 Å². The van der Waals surface area contributed by atoms with Crippen molar-refractivity contribution in [2.24, 2.45) is 0 Å². The minimum Gasteiger partial charge on any atom is -0.497 e. The molecule has 22 heavy (non-hydrogen) atoms. The van der Waals surface area contributed by atoms with Crippen LogP contribution in [-0.2, 0) is 11.2 Å². The molecule has 0 aliphatic heterocycles. The quantitative estimate of drug-likeness (QED) is 0.880. The number of methoxy groups -OCH3 is 1. The zero-order valence-corrected chi connectivity index (χ0v) is 13.4. The van der Waals surface area contributed by atoms with Crippen molar-refractivity contribution in [1.82, 2.24) is 5.32 Å². The summed E-state index contributed by atoms with van der Waals surface area (Å²) in [6.07, 6.45) is 1.23. The zero-order chi connectivity index (χ0) is 15.9. The smallest absolute Gasteiger partial charge is 0.224 e. The number of hydrogen-bond acceptors (Lipinski definition) is 2. The summed E-state index contributed by atoms with van der Waals surface area (Å²) in [5.41, 5.74) is 3.32. The number of nitrogens with one attached hydrogen (secondary N) is 1. The summed E-state index contributed by atoms with van der Waals surface area (Å²) in [6, 6.07) is 16.0. The van der Waals surface area contributed by atoms with Crippen molar-refractivity contribution in [3.8, 4) is 5.75 Å². The molecule has 1 N–H and O–H groups in total. The average molecular weight is 297 g/mol. The van der Waals surface area contributed by atoms with Gasteiger partial charge in [-0.1, -0.05) is 48.9 Å². The van der Waals surface area contributed by atoms with E-state index in [1.165, 1.54) is 5.56 Å². The summed E-state index contributed by atoms with van der Waals surface area (Å²) in [4.78, 5) is 12.3. The third-order valence-electron chi connectivity index (χ3n) is 3.72. The van der Waals surface area contributed by atoms with Gasteiger partial charge in [0.25, 0.3) is 0 Å². The summed E-state index contributed by atoms with van der Waals surface area (Å²) >= 11 is 0. The van der Waals surface area contributed by atoms with Crippen molar-refractivity contribution in [2.75, 3.05) is 7.11 Å². The van der Waals surface area contributed by atoms with Crippen LogP contribution in [0.5, 0.6) is 5.75 Å². The first-order valence-corrected chi connectivity index (χ1v) is 7.61. The lowest BCUT2D eigenvalue weighted by Crippen LogP contribution is -2.29. The minimum absolute atomic E-state index is 0.0284. The Morgan fingerprint density at radius 2 is 1.91 bits per heavy atom. The van der Waals surface area contributed by atoms with Crippen LogP contribution in [0.2, 0.25) is 0 Å². The van der Waals surface area contributed by atoms with Crippen molar-refractivity contribution in [3.05, 3.63) is 65.2 Å². The number of hydrogen-bond donors (Lipinski definition) is 1. The molecule has 0 saturated heterocycles. The van der Waals surface area contributed by atoms with E-state index in [0.29, 0.717) is 6.42 Å². The van der Waals surface area contributed by atoms with Crippen LogP contribution in [0.25, 0.3) is 0 Å². The SMILES string of the molecule is CC[C@@H](NC(=O)Cc1cccc(OC)c1)c1ccc(C)cc1. The summed E-state index contributed by atoms with van der Waals surface area (Å²) in [7, 11) is 1.63. The van der Waals surface area contributed by atoms with Gasteiger partial charge in [0.05, 0.1) is 19.6 Å². The van der Waals surface area contributed by atoms with Crippen LogP contribution in [-0.4, -0.2) is 13.0 Å². The highest BCUT2D eigenvalue weighted by Gasteiger charge is 2.13. The number of amides is 1. The van der Waals surface area contributed by atoms with Crippen LogP contribution < -0.4 is 10.1 Å². The molecule has 0 fully saturated rings. The third kappa shape index (κ3) is 4.35. The normalized spacial score (nSPS) is 11.8. The molecule has 0 aliphatic carbocycles. The fourth-order valence-corrected chi connectivity index (χ4v) is 2.43. The van der Waals surface area contributed by atoms with E-state index < -0.39 is 0 Å². The monoisotopic (exact) mass is 297 g/mol. The molecule has 2 aromatic rings. The molecule has 0 saturated carbocycles. The number of carbonyl (C=O) groups excluding carboxylic acids is 1. The van der Waals surface area contributed by atoms with Gasteiger partial charge in [-0.15, -0.1) is 0 Å². The van der Waals surface area contributed by atoms with E-state index in [9.17, 15) is 4.79 Å². The van der Waals surface area contributed by atoms with Gasteiger partial charge in [0.1, 0.15) is 5.75 Å². The van der Waals surface area contributed by atoms with Crippen LogP contribution >= 0.6 is 0 Å². The predicted octanol–water partition coefficient (Wildman–Crippen LogP) is 3.81. The molecule has 0 spiro atoms. The second-order valence-electron chi connectivity index (χ2n) is 5.47. The number of aryl methyl sites for hydroxylation is 1. The Morgan fingerprint density at radius 1 is 1.18 bits per heavy atom. The molecule has 0 radical (unpaired) electrons. The molecule has 1 atom stereocenters. The third-order valence-corrected chi connectivity index (χ3v) is 3.72. The van der Waals surface area contributed by atoms with Crippen LogP contribution in [0.4, 0.5) is 0 Å². The Hall–Kier alpha value is -2.29. The van der Waals surface area contributed by atoms with Gasteiger partial charge in [-0.05, 0) is 36.6 Å². The van der Waals surface area contributed by atoms with Crippen LogP contribution in [0.3, 0.4) is 0 Å². The minimum atomic E-state index is 0.0284. The van der Waals surface area contributed by atoms with Crippen molar-refractivity contribution in [2.45, 2.75) is 32.7 Å². The first kappa shape index (κ1) is 16.1. The van der Waals surface area contributed by atoms with Gasteiger partial charge in [-0.3, -0.25) is 4.79 Å². The van der Waals surface area contributed by atoms with E-state index >= 15 is 0 Å². The maximum absolute atomic E-state index is 12.3. The van der Waals surface area contributed by atoms with E-state index in [2.05, 4.69) is 43.4 Å². The lowest BCUT2D eigenvalue weighted by molar-refractivity contribution is -0.121. The Kier molecular flexibility index (Phi) is 5.59. The van der Waals surface area contributed by atoms with Gasteiger partial charge in [-0.2, -0.15) is 0 Å². The molecule has 0 bridgehead atoms. The van der Waals surface area contributed by atoms with Crippen molar-refractivity contribution in [1.29, 1.82) is 0 Å². The molecular weight excluding hydrogens is 274 g/mol. The Bertz CT molecular complexity index is 620. The van der Waals surface area contributed by atoms with Gasteiger partial charge < -0.3 is 10.1 Å². The van der Waals surface area contributed by atoms with Crippen molar-refractivity contribution in [3.63, 3.8) is 0 Å². The summed E-state index contributed by atoms with van der Waals surface area (Å²) in [5.74, 6) is 0.802. The van der Waals surface area contributed by atoms with Crippen molar-refractivity contribution >= 4 is 5.91 Å². The Morgan fingerprint density at radius 3 is 2.55 bits per heavy atom. The zero-order valence-electron chi connectivity index (χ0n) is 13.4. The van der Waals surface area contributed by atoms with E-state index in [1.54, 1.807) is 7.11 Å². The van der Waals surface area contributed by atoms with E-state index in [0.717, 1.165) is 23.3 Å². The van der Waals surface area contributed by atoms with Gasteiger partial charge >= 0.3 is 0 Å². The van der Waals surface area contributed by atoms with Crippen molar-refractivity contribution < 1.29 is 9.53 Å². The second-order valence-corrected chi connectivity index (χ2v) is 5.47. The molecule has 116 valence electrons. The number of carbonyl (C=O) groups is 1. The molecule has 2 rings (SSSR count). The topological polar surface area (TPSA) is 38.3 Å². The highest BCUT2D eigenvalue weighted by molar-refractivity contribution is 5.79. The van der Waals surface area contributed by atoms with Gasteiger partial charge in [0.15, 0.2) is 0 Å². The fourth-order valence-electron chi connectivity index (χ4n) is 2.43. The molecule has 0 aromatic heterocycles. The van der Waals surface area contributed by atoms with E-state index in [1.807, 2.05) is 24.3 Å². The number of ether oxygens (including phenoxy) is 1. The first-order valence-electron chi connectivity index (χ1n) is 7.61. The summed E-state index contributed by atoms with van der Waals surface area (Å²) < 4.78 is 5.19. The molecule has 0 aliphatic rings. The van der Waals surface area contributed by atoms with Crippen LogP contribution in [0, 0.1) is 6.92 Å². The Balaban J connectivity index is 2.01. The summed E-state index contributed by atoms with van der Waals surface area (Å²) in [5, 5.41) is 3.11. The standard InChI is InChI=1S/C19H23NO2/c1-4-18(16-10-8-14(2)9-11-16)20-19(21)13-15-6-5-7-17(12-15)22-3/h5-12,18H,4,13H2,1-3H3,(H,20,21)/t18-/m1/s1. The largest absolute Gasteiger partial charge is 0.497 e. The molecule has 2 aromatic carbocycles. The van der Waals surface area contributed by atoms with E-state index in [-0.39, 0.29) is 11.9 Å². The molecule has 0 heterocycles. The van der Waals surface area contributed by atoms with Gasteiger partial charge in [-0.25, -0.2) is 0 Å². The lowest BCUT2D eigenvalue weighted by Gasteiger charge is -2.18. The Labute approximate surface area is 132 Å². The number of rotatable bonds is 6. The molecule has 3 heteroatoms. The first-order chi connectivity index (χ1) is 10.6. The maximum Gasteiger partial charge on any atom is 0.224 e. The molecule has 0 unspecified atom stereocenters. The predicted molar refractivity (Wildman–Crippen MR) is 89.1 cm³/mol. The molecular formula is C19H23NO2. The fraction of sp³-hybridized carbons (Fsp3) is 0.316. The highest BCUT2D eigenvalue weighted by atomic mass is 16.5. The molecule has 1 amide bonds. The lowest BCUT2D eigenvalue weighted by atomic mass is 10.0. The maximum atomic E-state index is 12.3. The number of benzene rings is 2. The highest BCUT2D eigenvalue weighted by Crippen LogP contribution is 2.18. The summed E-state index contributed by atoms with van der Waals surface area (Å²) in [6.45, 7) is 4.14. The molecule has 3 nitrogen and oxygen atoms in total. The second kappa shape index (κ2) is 7.64.